The van der Waals surface area contributed by atoms with Crippen LogP contribution in [0, 0.1) is 5.82 Å². The summed E-state index contributed by atoms with van der Waals surface area (Å²) in [5.74, 6) is -0.443. The van der Waals surface area contributed by atoms with Gasteiger partial charge in [0.25, 0.3) is 0 Å². The van der Waals surface area contributed by atoms with Crippen molar-refractivity contribution in [3.63, 3.8) is 0 Å². The van der Waals surface area contributed by atoms with Crippen LogP contribution in [0.3, 0.4) is 0 Å². The maximum Gasteiger partial charge on any atom is 0.238 e. The lowest BCUT2D eigenvalue weighted by atomic mass is 9.91. The van der Waals surface area contributed by atoms with E-state index in [2.05, 4.69) is 10.2 Å². The summed E-state index contributed by atoms with van der Waals surface area (Å²) in [6.07, 6.45) is 4.43. The maximum absolute atomic E-state index is 13.1. The Kier molecular flexibility index (Phi) is 5.49. The van der Waals surface area contributed by atoms with Gasteiger partial charge in [-0.25, -0.2) is 4.39 Å². The summed E-state index contributed by atoms with van der Waals surface area (Å²) in [6.45, 7) is 1.83. The van der Waals surface area contributed by atoms with Gasteiger partial charge in [-0.15, -0.1) is 0 Å². The second-order valence-corrected chi connectivity index (χ2v) is 5.26. The fourth-order valence-corrected chi connectivity index (χ4v) is 2.39. The molecule has 0 unspecified atom stereocenters. The first-order valence-electron chi connectivity index (χ1n) is 7.18. The van der Waals surface area contributed by atoms with E-state index in [9.17, 15) is 9.18 Å². The lowest BCUT2D eigenvalue weighted by Gasteiger charge is -2.37. The molecule has 3 N–H and O–H groups in total. The number of nitrogens with two attached hydrogens (primary N) is 1. The third kappa shape index (κ3) is 4.28. The molecule has 0 spiro atoms. The highest BCUT2D eigenvalue weighted by Gasteiger charge is 2.25. The number of amides is 1. The molecule has 0 aromatic heterocycles. The third-order valence-corrected chi connectivity index (χ3v) is 3.70. The Morgan fingerprint density at radius 3 is 2.85 bits per heavy atom. The number of anilines is 1. The highest BCUT2D eigenvalue weighted by molar-refractivity contribution is 5.92. The fraction of sp³-hybridized carbons (Fsp3) is 0.533. The smallest absolute Gasteiger partial charge is 0.238 e. The average Bonchev–Trinajstić information content (AvgIpc) is 2.33. The zero-order valence-electron chi connectivity index (χ0n) is 11.6. The van der Waals surface area contributed by atoms with Gasteiger partial charge in [0.1, 0.15) is 5.82 Å². The number of hydrogen-bond acceptors (Lipinski definition) is 3. The molecule has 0 atom stereocenters. The highest BCUT2D eigenvalue weighted by atomic mass is 19.1. The lowest BCUT2D eigenvalue weighted by molar-refractivity contribution is -0.118. The largest absolute Gasteiger partial charge is 0.330 e. The number of nitrogens with one attached hydrogen (secondary N) is 1. The van der Waals surface area contributed by atoms with Crippen molar-refractivity contribution in [1.82, 2.24) is 4.90 Å². The molecule has 0 radical (unpaired) electrons. The van der Waals surface area contributed by atoms with Crippen LogP contribution in [0.4, 0.5) is 10.1 Å². The van der Waals surface area contributed by atoms with Gasteiger partial charge < -0.3 is 11.1 Å². The second kappa shape index (κ2) is 7.36. The summed E-state index contributed by atoms with van der Waals surface area (Å²) in [7, 11) is 0. The van der Waals surface area contributed by atoms with E-state index >= 15 is 0 Å². The summed E-state index contributed by atoms with van der Waals surface area (Å²) >= 11 is 0. The van der Waals surface area contributed by atoms with Crippen molar-refractivity contribution in [1.29, 1.82) is 0 Å². The van der Waals surface area contributed by atoms with Crippen molar-refractivity contribution < 1.29 is 9.18 Å². The first-order chi connectivity index (χ1) is 9.69. The number of halogens is 1. The van der Waals surface area contributed by atoms with E-state index in [1.165, 1.54) is 18.6 Å². The van der Waals surface area contributed by atoms with Crippen LogP contribution in [0.25, 0.3) is 0 Å². The summed E-state index contributed by atoms with van der Waals surface area (Å²) in [5, 5.41) is 2.74. The molecule has 0 aliphatic heterocycles. The standard InChI is InChI=1S/C15H22FN3O/c16-12-4-1-5-13(10-12)18-15(20)11-19(9-3-8-17)14-6-2-7-14/h1,4-5,10,14H,2-3,6-9,11,17H2,(H,18,20). The van der Waals surface area contributed by atoms with E-state index in [-0.39, 0.29) is 11.7 Å². The van der Waals surface area contributed by atoms with Crippen LogP contribution in [0.5, 0.6) is 0 Å². The maximum atomic E-state index is 13.1. The minimum atomic E-state index is -0.346. The Bertz CT molecular complexity index is 448. The van der Waals surface area contributed by atoms with Crippen molar-refractivity contribution in [2.45, 2.75) is 31.7 Å². The van der Waals surface area contributed by atoms with Gasteiger partial charge in [0.2, 0.25) is 5.91 Å². The van der Waals surface area contributed by atoms with Crippen LogP contribution >= 0.6 is 0 Å². The summed E-state index contributed by atoms with van der Waals surface area (Å²) < 4.78 is 13.1. The number of nitrogens with zero attached hydrogens (tertiary/aromatic N) is 1. The van der Waals surface area contributed by atoms with Gasteiger partial charge in [-0.2, -0.15) is 0 Å². The molecule has 1 aromatic carbocycles. The van der Waals surface area contributed by atoms with Crippen LogP contribution < -0.4 is 11.1 Å². The van der Waals surface area contributed by atoms with Crippen LogP contribution in [0.1, 0.15) is 25.7 Å². The molecular formula is C15H22FN3O. The number of carbonyl (C=O) groups is 1. The number of rotatable bonds is 7. The summed E-state index contributed by atoms with van der Waals surface area (Å²) in [6, 6.07) is 6.46. The van der Waals surface area contributed by atoms with Crippen molar-refractivity contribution in [2.24, 2.45) is 5.73 Å². The van der Waals surface area contributed by atoms with E-state index < -0.39 is 0 Å². The van der Waals surface area contributed by atoms with Crippen molar-refractivity contribution >= 4 is 11.6 Å². The van der Waals surface area contributed by atoms with Gasteiger partial charge in [-0.3, -0.25) is 9.69 Å². The molecule has 110 valence electrons. The van der Waals surface area contributed by atoms with Gasteiger partial charge in [-0.1, -0.05) is 12.5 Å². The minimum Gasteiger partial charge on any atom is -0.330 e. The Morgan fingerprint density at radius 2 is 2.25 bits per heavy atom. The van der Waals surface area contributed by atoms with Gasteiger partial charge in [0.05, 0.1) is 6.54 Å². The molecule has 1 aliphatic carbocycles. The highest BCUT2D eigenvalue weighted by Crippen LogP contribution is 2.24. The third-order valence-electron chi connectivity index (χ3n) is 3.70. The fourth-order valence-electron chi connectivity index (χ4n) is 2.39. The van der Waals surface area contributed by atoms with E-state index in [1.807, 2.05) is 0 Å². The molecule has 1 saturated carbocycles. The topological polar surface area (TPSA) is 58.4 Å². The van der Waals surface area contributed by atoms with Crippen LogP contribution in [-0.4, -0.2) is 36.5 Å². The van der Waals surface area contributed by atoms with Crippen LogP contribution in [0.15, 0.2) is 24.3 Å². The van der Waals surface area contributed by atoms with Gasteiger partial charge in [-0.05, 0) is 44.0 Å². The van der Waals surface area contributed by atoms with E-state index in [4.69, 9.17) is 5.73 Å². The van der Waals surface area contributed by atoms with Crippen molar-refractivity contribution in [3.05, 3.63) is 30.1 Å². The second-order valence-electron chi connectivity index (χ2n) is 5.26. The molecule has 0 bridgehead atoms. The molecule has 1 aromatic rings. The Hall–Kier alpha value is -1.46. The molecule has 1 fully saturated rings. The summed E-state index contributed by atoms with van der Waals surface area (Å²) in [4.78, 5) is 14.2. The molecule has 5 heteroatoms. The van der Waals surface area contributed by atoms with Crippen LogP contribution in [-0.2, 0) is 4.79 Å². The zero-order chi connectivity index (χ0) is 14.4. The molecule has 4 nitrogen and oxygen atoms in total. The number of carbonyl (C=O) groups excluding carboxylic acids is 1. The predicted octanol–water partition coefficient (Wildman–Crippen LogP) is 1.97. The van der Waals surface area contributed by atoms with E-state index in [1.54, 1.807) is 12.1 Å². The van der Waals surface area contributed by atoms with E-state index in [0.29, 0.717) is 24.8 Å². The number of hydrogen-bond donors (Lipinski definition) is 2. The molecule has 0 saturated heterocycles. The summed E-state index contributed by atoms with van der Waals surface area (Å²) in [5.41, 5.74) is 6.04. The molecular weight excluding hydrogens is 257 g/mol. The van der Waals surface area contributed by atoms with Crippen molar-refractivity contribution in [2.75, 3.05) is 25.0 Å². The minimum absolute atomic E-state index is 0.0977. The van der Waals surface area contributed by atoms with Gasteiger partial charge in [0.15, 0.2) is 0 Å². The predicted molar refractivity (Wildman–Crippen MR) is 77.9 cm³/mol. The normalized spacial score (nSPS) is 15.2. The Balaban J connectivity index is 1.87. The molecule has 20 heavy (non-hydrogen) atoms. The first kappa shape index (κ1) is 14.9. The average molecular weight is 279 g/mol. The first-order valence-corrected chi connectivity index (χ1v) is 7.18. The number of benzene rings is 1. The Morgan fingerprint density at radius 1 is 1.45 bits per heavy atom. The monoisotopic (exact) mass is 279 g/mol. The molecule has 2 rings (SSSR count). The molecule has 0 heterocycles. The lowest BCUT2D eigenvalue weighted by Crippen LogP contribution is -2.45. The van der Waals surface area contributed by atoms with Crippen LogP contribution in [0.2, 0.25) is 0 Å². The molecule has 1 amide bonds. The van der Waals surface area contributed by atoms with E-state index in [0.717, 1.165) is 25.8 Å². The SMILES string of the molecule is NCCCN(CC(=O)Nc1cccc(F)c1)C1CCC1. The Labute approximate surface area is 119 Å². The quantitative estimate of drug-likeness (QED) is 0.802. The van der Waals surface area contributed by atoms with Crippen molar-refractivity contribution in [3.8, 4) is 0 Å². The van der Waals surface area contributed by atoms with Gasteiger partial charge in [0, 0.05) is 18.3 Å². The zero-order valence-corrected chi connectivity index (χ0v) is 11.6. The molecule has 1 aliphatic rings. The van der Waals surface area contributed by atoms with Gasteiger partial charge >= 0.3 is 0 Å².